The van der Waals surface area contributed by atoms with E-state index in [1.807, 2.05) is 24.3 Å². The Balaban J connectivity index is 1.48. The third-order valence-electron chi connectivity index (χ3n) is 4.96. The van der Waals surface area contributed by atoms with Crippen LogP contribution in [0.15, 0.2) is 57.0 Å². The molecule has 0 spiro atoms. The van der Waals surface area contributed by atoms with Crippen LogP contribution in [-0.2, 0) is 19.6 Å². The number of rotatable bonds is 6. The number of nitrogens with one attached hydrogen (secondary N) is 1. The Morgan fingerprint density at radius 2 is 1.94 bits per heavy atom. The Labute approximate surface area is 185 Å². The van der Waals surface area contributed by atoms with Gasteiger partial charge in [0.25, 0.3) is 5.22 Å². The fraction of sp³-hybridized carbons (Fsp3) is 0.333. The summed E-state index contributed by atoms with van der Waals surface area (Å²) in [5.74, 6) is -0.272. The molecule has 2 heterocycles. The first kappa shape index (κ1) is 21.8. The molecule has 1 atom stereocenters. The van der Waals surface area contributed by atoms with Crippen molar-refractivity contribution in [2.75, 3.05) is 31.6 Å². The van der Waals surface area contributed by atoms with E-state index in [-0.39, 0.29) is 10.8 Å². The molecule has 0 saturated carbocycles. The Hall–Kier alpha value is -2.40. The van der Waals surface area contributed by atoms with Crippen LogP contribution in [-0.4, -0.2) is 55.2 Å². The van der Waals surface area contributed by atoms with Crippen molar-refractivity contribution in [1.29, 1.82) is 0 Å². The van der Waals surface area contributed by atoms with Gasteiger partial charge in [0.2, 0.25) is 15.9 Å². The Bertz CT molecular complexity index is 1170. The number of hydrogen-bond donors (Lipinski definition) is 1. The number of fused-ring (bicyclic) bond motifs is 1. The van der Waals surface area contributed by atoms with E-state index >= 15 is 0 Å². The summed E-state index contributed by atoms with van der Waals surface area (Å²) in [5.41, 5.74) is 2.44. The van der Waals surface area contributed by atoms with Crippen molar-refractivity contribution in [2.24, 2.45) is 0 Å². The van der Waals surface area contributed by atoms with E-state index in [0.717, 1.165) is 5.52 Å². The van der Waals surface area contributed by atoms with Gasteiger partial charge >= 0.3 is 0 Å². The first-order chi connectivity index (χ1) is 14.8. The van der Waals surface area contributed by atoms with Gasteiger partial charge in [-0.2, -0.15) is 4.31 Å². The van der Waals surface area contributed by atoms with Crippen molar-refractivity contribution >= 4 is 44.5 Å². The highest BCUT2D eigenvalue weighted by Crippen LogP contribution is 2.28. The first-order valence-corrected chi connectivity index (χ1v) is 12.2. The normalized spacial score (nSPS) is 16.3. The van der Waals surface area contributed by atoms with Gasteiger partial charge in [-0.15, -0.1) is 0 Å². The summed E-state index contributed by atoms with van der Waals surface area (Å²) in [5, 5.41) is 2.72. The lowest BCUT2D eigenvalue weighted by Crippen LogP contribution is -2.40. The predicted molar refractivity (Wildman–Crippen MR) is 119 cm³/mol. The lowest BCUT2D eigenvalue weighted by molar-refractivity contribution is -0.115. The van der Waals surface area contributed by atoms with E-state index in [1.165, 1.54) is 22.1 Å². The number of amides is 1. The Morgan fingerprint density at radius 3 is 2.68 bits per heavy atom. The van der Waals surface area contributed by atoms with E-state index in [0.29, 0.717) is 48.4 Å². The maximum Gasteiger partial charge on any atom is 0.257 e. The maximum atomic E-state index is 13.0. The zero-order chi connectivity index (χ0) is 22.0. The number of aromatic nitrogens is 1. The quantitative estimate of drug-likeness (QED) is 0.562. The summed E-state index contributed by atoms with van der Waals surface area (Å²) in [6.45, 7) is 4.87. The summed E-state index contributed by atoms with van der Waals surface area (Å²) in [6, 6.07) is 12.3. The van der Waals surface area contributed by atoms with Crippen molar-refractivity contribution in [3.63, 3.8) is 0 Å². The highest BCUT2D eigenvalue weighted by Gasteiger charge is 2.28. The smallest absolute Gasteiger partial charge is 0.257 e. The average molecular weight is 462 g/mol. The van der Waals surface area contributed by atoms with Gasteiger partial charge in [-0.05, 0) is 43.7 Å². The molecule has 4 rings (SSSR count). The molecule has 1 fully saturated rings. The van der Waals surface area contributed by atoms with E-state index in [4.69, 9.17) is 9.15 Å². The molecule has 8 nitrogen and oxygen atoms in total. The van der Waals surface area contributed by atoms with Gasteiger partial charge in [0.1, 0.15) is 5.52 Å². The van der Waals surface area contributed by atoms with Gasteiger partial charge in [-0.3, -0.25) is 4.79 Å². The van der Waals surface area contributed by atoms with Crippen LogP contribution in [0.25, 0.3) is 11.1 Å². The molecular weight excluding hydrogens is 438 g/mol. The number of oxazole rings is 1. The van der Waals surface area contributed by atoms with Gasteiger partial charge in [0, 0.05) is 18.8 Å². The largest absolute Gasteiger partial charge is 0.431 e. The van der Waals surface area contributed by atoms with Crippen LogP contribution in [0.4, 0.5) is 5.69 Å². The van der Waals surface area contributed by atoms with Crippen molar-refractivity contribution in [3.05, 3.63) is 48.0 Å². The second-order valence-electron chi connectivity index (χ2n) is 7.19. The molecule has 0 unspecified atom stereocenters. The monoisotopic (exact) mass is 461 g/mol. The third kappa shape index (κ3) is 4.77. The van der Waals surface area contributed by atoms with Gasteiger partial charge in [0.05, 0.1) is 23.4 Å². The zero-order valence-electron chi connectivity index (χ0n) is 17.2. The minimum absolute atomic E-state index is 0.187. The summed E-state index contributed by atoms with van der Waals surface area (Å²) >= 11 is 1.20. The van der Waals surface area contributed by atoms with E-state index in [2.05, 4.69) is 10.3 Å². The number of morpholine rings is 1. The highest BCUT2D eigenvalue weighted by atomic mass is 32.2. The molecule has 1 aliphatic heterocycles. The fourth-order valence-electron chi connectivity index (χ4n) is 3.23. The fourth-order valence-corrected chi connectivity index (χ4v) is 5.65. The Morgan fingerprint density at radius 1 is 1.19 bits per heavy atom. The molecule has 31 heavy (non-hydrogen) atoms. The summed E-state index contributed by atoms with van der Waals surface area (Å²) in [7, 11) is -3.66. The third-order valence-corrected chi connectivity index (χ3v) is 7.95. The average Bonchev–Trinajstić information content (AvgIpc) is 3.17. The molecule has 0 radical (unpaired) electrons. The van der Waals surface area contributed by atoms with Crippen LogP contribution in [0.5, 0.6) is 0 Å². The SMILES string of the molecule is Cc1ccc(NC(=O)[C@@H](C)Sc2nc3ccccc3o2)cc1S(=O)(=O)N1CCOCC1. The number of aryl methyl sites for hydroxylation is 1. The number of benzene rings is 2. The molecule has 1 saturated heterocycles. The lowest BCUT2D eigenvalue weighted by Gasteiger charge is -2.27. The number of carbonyl (C=O) groups excluding carboxylic acids is 1. The molecule has 1 aromatic heterocycles. The molecule has 1 N–H and O–H groups in total. The van der Waals surface area contributed by atoms with Crippen LogP contribution in [0.1, 0.15) is 12.5 Å². The molecule has 1 aliphatic rings. The number of para-hydroxylation sites is 2. The first-order valence-electron chi connectivity index (χ1n) is 9.86. The van der Waals surface area contributed by atoms with E-state index in [9.17, 15) is 13.2 Å². The number of ether oxygens (including phenoxy) is 1. The number of anilines is 1. The van der Waals surface area contributed by atoms with E-state index in [1.54, 1.807) is 26.0 Å². The van der Waals surface area contributed by atoms with Crippen LogP contribution in [0, 0.1) is 6.92 Å². The van der Waals surface area contributed by atoms with Crippen molar-refractivity contribution in [1.82, 2.24) is 9.29 Å². The van der Waals surface area contributed by atoms with Crippen molar-refractivity contribution < 1.29 is 22.4 Å². The number of hydrogen-bond acceptors (Lipinski definition) is 7. The molecular formula is C21H23N3O5S2. The lowest BCUT2D eigenvalue weighted by atomic mass is 10.2. The number of thioether (sulfide) groups is 1. The number of carbonyl (C=O) groups is 1. The predicted octanol–water partition coefficient (Wildman–Crippen LogP) is 3.28. The molecule has 2 aromatic carbocycles. The van der Waals surface area contributed by atoms with Gasteiger partial charge in [-0.25, -0.2) is 13.4 Å². The second-order valence-corrected chi connectivity index (χ2v) is 10.4. The summed E-state index contributed by atoms with van der Waals surface area (Å²) in [6.07, 6.45) is 0. The van der Waals surface area contributed by atoms with Crippen molar-refractivity contribution in [2.45, 2.75) is 29.2 Å². The minimum Gasteiger partial charge on any atom is -0.431 e. The van der Waals surface area contributed by atoms with Crippen LogP contribution in [0.2, 0.25) is 0 Å². The minimum atomic E-state index is -3.66. The molecule has 0 bridgehead atoms. The van der Waals surface area contributed by atoms with E-state index < -0.39 is 15.3 Å². The van der Waals surface area contributed by atoms with Gasteiger partial charge in [0.15, 0.2) is 5.58 Å². The molecule has 10 heteroatoms. The van der Waals surface area contributed by atoms with Gasteiger partial charge in [-0.1, -0.05) is 30.0 Å². The maximum absolute atomic E-state index is 13.0. The molecule has 3 aromatic rings. The molecule has 1 amide bonds. The molecule has 164 valence electrons. The van der Waals surface area contributed by atoms with Crippen LogP contribution < -0.4 is 5.32 Å². The Kier molecular flexibility index (Phi) is 6.33. The topological polar surface area (TPSA) is 102 Å². The van der Waals surface area contributed by atoms with Crippen LogP contribution >= 0.6 is 11.8 Å². The highest BCUT2D eigenvalue weighted by molar-refractivity contribution is 8.00. The van der Waals surface area contributed by atoms with Gasteiger partial charge < -0.3 is 14.5 Å². The standard InChI is InChI=1S/C21H23N3O5S2/c1-14-7-8-16(13-19(14)31(26,27)24-9-11-28-12-10-24)22-20(25)15(2)30-21-23-17-5-3-4-6-18(17)29-21/h3-8,13,15H,9-12H2,1-2H3,(H,22,25)/t15-/m1/s1. The zero-order valence-corrected chi connectivity index (χ0v) is 18.8. The second kappa shape index (κ2) is 8.99. The number of sulfonamides is 1. The summed E-state index contributed by atoms with van der Waals surface area (Å²) in [4.78, 5) is 17.3. The van der Waals surface area contributed by atoms with Crippen LogP contribution in [0.3, 0.4) is 0 Å². The summed E-state index contributed by atoms with van der Waals surface area (Å²) < 4.78 is 38.4. The number of nitrogens with zero attached hydrogens (tertiary/aromatic N) is 2. The molecule has 0 aliphatic carbocycles. The van der Waals surface area contributed by atoms with Crippen molar-refractivity contribution in [3.8, 4) is 0 Å².